The first kappa shape index (κ1) is 19.2. The predicted molar refractivity (Wildman–Crippen MR) is 105 cm³/mol. The number of ketones is 1. The highest BCUT2D eigenvalue weighted by Crippen LogP contribution is 2.42. The summed E-state index contributed by atoms with van der Waals surface area (Å²) in [5, 5.41) is 0. The molecule has 1 atom stereocenters. The van der Waals surface area contributed by atoms with Crippen molar-refractivity contribution in [3.63, 3.8) is 0 Å². The Labute approximate surface area is 165 Å². The molecule has 5 nitrogen and oxygen atoms in total. The Hall–Kier alpha value is -3.13. The van der Waals surface area contributed by atoms with Crippen LogP contribution in [0.1, 0.15) is 18.9 Å². The van der Waals surface area contributed by atoms with Gasteiger partial charge in [0.15, 0.2) is 17.4 Å². The number of hydrogen-bond acceptors (Lipinski definition) is 5. The molecule has 150 valence electrons. The molecule has 2 aromatic rings. The Balaban J connectivity index is 1.91. The number of carbonyl (C=O) groups is 1. The zero-order valence-corrected chi connectivity index (χ0v) is 15.8. The average Bonchev–Trinajstić information content (AvgIpc) is 3.08. The van der Waals surface area contributed by atoms with Gasteiger partial charge in [-0.05, 0) is 37.1 Å². The summed E-state index contributed by atoms with van der Waals surface area (Å²) in [5.41, 5.74) is 6.67. The number of aromatic nitrogens is 1. The summed E-state index contributed by atoms with van der Waals surface area (Å²) in [4.78, 5) is 19.6. The number of anilines is 3. The van der Waals surface area contributed by atoms with Crippen LogP contribution in [0.4, 0.5) is 30.5 Å². The first-order valence-electron chi connectivity index (χ1n) is 9.14. The van der Waals surface area contributed by atoms with Crippen LogP contribution in [0.25, 0.3) is 5.57 Å². The molecule has 1 fully saturated rings. The Morgan fingerprint density at radius 2 is 1.97 bits per heavy atom. The second kappa shape index (κ2) is 7.04. The SMILES string of the molecule is C=C1C(C(C)=O)=CN(c2ccc(F)cc2F)c2nc(N3CCC(N)C3)c(F)cc21. The fourth-order valence-electron chi connectivity index (χ4n) is 3.65. The van der Waals surface area contributed by atoms with Gasteiger partial charge in [-0.1, -0.05) is 6.58 Å². The fraction of sp³-hybridized carbons (Fsp3) is 0.238. The Morgan fingerprint density at radius 3 is 2.59 bits per heavy atom. The minimum Gasteiger partial charge on any atom is -0.353 e. The lowest BCUT2D eigenvalue weighted by Crippen LogP contribution is -2.29. The van der Waals surface area contributed by atoms with Crippen LogP contribution >= 0.6 is 0 Å². The van der Waals surface area contributed by atoms with E-state index >= 15 is 0 Å². The quantitative estimate of drug-likeness (QED) is 0.852. The Bertz CT molecular complexity index is 1070. The van der Waals surface area contributed by atoms with Gasteiger partial charge in [0.1, 0.15) is 17.5 Å². The van der Waals surface area contributed by atoms with Gasteiger partial charge >= 0.3 is 0 Å². The standard InChI is InChI=1S/C21H19F3N4O/c1-11-15-8-18(24)21(27-6-5-14(25)9-27)26-20(15)28(10-16(11)12(2)29)19-4-3-13(22)7-17(19)23/h3-4,7-8,10,14H,1,5-6,9,25H2,2H3. The largest absolute Gasteiger partial charge is 0.353 e. The average molecular weight is 400 g/mol. The first-order chi connectivity index (χ1) is 13.8. The van der Waals surface area contributed by atoms with Crippen LogP contribution in [0.5, 0.6) is 0 Å². The highest BCUT2D eigenvalue weighted by Gasteiger charge is 2.31. The van der Waals surface area contributed by atoms with Crippen LogP contribution in [0.15, 0.2) is 42.6 Å². The number of rotatable bonds is 3. The number of pyridine rings is 1. The minimum atomic E-state index is -0.835. The van der Waals surface area contributed by atoms with E-state index in [4.69, 9.17) is 5.73 Å². The number of benzene rings is 1. The zero-order valence-electron chi connectivity index (χ0n) is 15.8. The molecule has 1 aromatic heterocycles. The normalized spacial score (nSPS) is 18.7. The second-order valence-electron chi connectivity index (χ2n) is 7.20. The van der Waals surface area contributed by atoms with E-state index in [0.717, 1.165) is 12.1 Å². The van der Waals surface area contributed by atoms with Crippen LogP contribution in [0, 0.1) is 17.5 Å². The molecule has 0 bridgehead atoms. The number of fused-ring (bicyclic) bond motifs is 1. The zero-order chi connectivity index (χ0) is 20.9. The van der Waals surface area contributed by atoms with Gasteiger partial charge < -0.3 is 10.6 Å². The summed E-state index contributed by atoms with van der Waals surface area (Å²) in [6.45, 7) is 6.23. The highest BCUT2D eigenvalue weighted by molar-refractivity contribution is 6.12. The van der Waals surface area contributed by atoms with Crippen molar-refractivity contribution in [2.45, 2.75) is 19.4 Å². The molecular formula is C21H19F3N4O. The van der Waals surface area contributed by atoms with E-state index in [1.807, 2.05) is 0 Å². The van der Waals surface area contributed by atoms with Crippen LogP contribution in [-0.4, -0.2) is 29.9 Å². The Morgan fingerprint density at radius 1 is 1.21 bits per heavy atom. The maximum absolute atomic E-state index is 14.9. The van der Waals surface area contributed by atoms with Gasteiger partial charge in [-0.15, -0.1) is 0 Å². The van der Waals surface area contributed by atoms with Gasteiger partial charge in [-0.2, -0.15) is 0 Å². The van der Waals surface area contributed by atoms with Crippen LogP contribution in [0.2, 0.25) is 0 Å². The number of hydrogen-bond donors (Lipinski definition) is 1. The van der Waals surface area contributed by atoms with Gasteiger partial charge in [0.05, 0.1) is 5.69 Å². The van der Waals surface area contributed by atoms with Crippen LogP contribution < -0.4 is 15.5 Å². The molecule has 3 heterocycles. The monoisotopic (exact) mass is 400 g/mol. The third-order valence-electron chi connectivity index (χ3n) is 5.15. The summed E-state index contributed by atoms with van der Waals surface area (Å²) >= 11 is 0. The third kappa shape index (κ3) is 3.29. The summed E-state index contributed by atoms with van der Waals surface area (Å²) in [7, 11) is 0. The maximum Gasteiger partial charge on any atom is 0.167 e. The molecule has 0 radical (unpaired) electrons. The van der Waals surface area contributed by atoms with Crippen molar-refractivity contribution < 1.29 is 18.0 Å². The van der Waals surface area contributed by atoms with E-state index in [2.05, 4.69) is 11.6 Å². The number of nitrogens with zero attached hydrogens (tertiary/aromatic N) is 3. The maximum atomic E-state index is 14.9. The molecular weight excluding hydrogens is 381 g/mol. The summed E-state index contributed by atoms with van der Waals surface area (Å²) in [6, 6.07) is 4.25. The van der Waals surface area contributed by atoms with Gasteiger partial charge in [0, 0.05) is 42.5 Å². The molecule has 1 saturated heterocycles. The smallest absolute Gasteiger partial charge is 0.167 e. The van der Waals surface area contributed by atoms with Crippen molar-refractivity contribution in [1.29, 1.82) is 0 Å². The van der Waals surface area contributed by atoms with Crippen LogP contribution in [-0.2, 0) is 4.79 Å². The molecule has 2 aliphatic heterocycles. The summed E-state index contributed by atoms with van der Waals surface area (Å²) < 4.78 is 42.8. The predicted octanol–water partition coefficient (Wildman–Crippen LogP) is 3.67. The molecule has 1 unspecified atom stereocenters. The second-order valence-corrected chi connectivity index (χ2v) is 7.20. The van der Waals surface area contributed by atoms with Gasteiger partial charge in [0.25, 0.3) is 0 Å². The highest BCUT2D eigenvalue weighted by atomic mass is 19.1. The molecule has 2 aliphatic rings. The molecule has 29 heavy (non-hydrogen) atoms. The molecule has 1 aromatic carbocycles. The molecule has 0 amide bonds. The lowest BCUT2D eigenvalue weighted by atomic mass is 9.94. The van der Waals surface area contributed by atoms with E-state index in [0.29, 0.717) is 25.1 Å². The number of nitrogens with two attached hydrogens (primary N) is 1. The van der Waals surface area contributed by atoms with E-state index in [1.165, 1.54) is 30.2 Å². The van der Waals surface area contributed by atoms with Crippen molar-refractivity contribution in [3.05, 3.63) is 65.6 Å². The van der Waals surface area contributed by atoms with E-state index in [-0.39, 0.29) is 40.3 Å². The van der Waals surface area contributed by atoms with E-state index in [1.54, 1.807) is 4.90 Å². The topological polar surface area (TPSA) is 62.5 Å². The number of carbonyl (C=O) groups excluding carboxylic acids is 1. The van der Waals surface area contributed by atoms with E-state index < -0.39 is 17.5 Å². The number of halogens is 3. The van der Waals surface area contributed by atoms with Crippen molar-refractivity contribution in [1.82, 2.24) is 4.98 Å². The lowest BCUT2D eigenvalue weighted by molar-refractivity contribution is -0.113. The van der Waals surface area contributed by atoms with Crippen LogP contribution in [0.3, 0.4) is 0 Å². The van der Waals surface area contributed by atoms with Crippen molar-refractivity contribution >= 4 is 28.7 Å². The van der Waals surface area contributed by atoms with Gasteiger partial charge in [-0.3, -0.25) is 9.69 Å². The molecule has 0 spiro atoms. The molecule has 8 heteroatoms. The summed E-state index contributed by atoms with van der Waals surface area (Å²) in [6.07, 6.45) is 2.10. The summed E-state index contributed by atoms with van der Waals surface area (Å²) in [5.74, 6) is -2.16. The minimum absolute atomic E-state index is 0.0120. The molecule has 0 aliphatic carbocycles. The van der Waals surface area contributed by atoms with E-state index in [9.17, 15) is 18.0 Å². The lowest BCUT2D eigenvalue weighted by Gasteiger charge is -2.31. The number of allylic oxidation sites excluding steroid dienone is 2. The Kier molecular flexibility index (Phi) is 4.66. The van der Waals surface area contributed by atoms with Crippen molar-refractivity contribution in [2.24, 2.45) is 5.73 Å². The third-order valence-corrected chi connectivity index (χ3v) is 5.15. The van der Waals surface area contributed by atoms with Gasteiger partial charge in [0.2, 0.25) is 0 Å². The van der Waals surface area contributed by atoms with Gasteiger partial charge in [-0.25, -0.2) is 18.2 Å². The fourth-order valence-corrected chi connectivity index (χ4v) is 3.65. The van der Waals surface area contributed by atoms with Crippen molar-refractivity contribution in [3.8, 4) is 0 Å². The number of Topliss-reactive ketones (excluding diaryl/α,β-unsaturated/α-hetero) is 1. The molecule has 2 N–H and O–H groups in total. The molecule has 4 rings (SSSR count). The first-order valence-corrected chi connectivity index (χ1v) is 9.14. The van der Waals surface area contributed by atoms with Crippen molar-refractivity contribution in [2.75, 3.05) is 22.9 Å². The molecule has 0 saturated carbocycles.